The van der Waals surface area contributed by atoms with Gasteiger partial charge in [-0.2, -0.15) is 0 Å². The summed E-state index contributed by atoms with van der Waals surface area (Å²) in [6.45, 7) is -0.639. The molecule has 1 aromatic carbocycles. The first-order valence-electron chi connectivity index (χ1n) is 7.09. The van der Waals surface area contributed by atoms with Crippen LogP contribution in [0.4, 0.5) is 5.69 Å². The normalized spacial score (nSPS) is 10.2. The lowest BCUT2D eigenvalue weighted by molar-refractivity contribution is -0.123. The standard InChI is InChI=1S/C16H16ClN3O5/c1-20-5-3-4-12(20)15(22)19-14(21)8-25-16(23)9-6-10(17)11(18)7-13(9)24-2/h3-7H,8,18H2,1-2H3,(H,19,21,22). The predicted molar refractivity (Wildman–Crippen MR) is 90.6 cm³/mol. The summed E-state index contributed by atoms with van der Waals surface area (Å²) in [5.74, 6) is -2.03. The topological polar surface area (TPSA) is 113 Å². The van der Waals surface area contributed by atoms with E-state index in [2.05, 4.69) is 5.32 Å². The maximum absolute atomic E-state index is 12.1. The molecule has 0 unspecified atom stereocenters. The van der Waals surface area contributed by atoms with Crippen molar-refractivity contribution < 1.29 is 23.9 Å². The van der Waals surface area contributed by atoms with Crippen LogP contribution >= 0.6 is 11.6 Å². The van der Waals surface area contributed by atoms with Gasteiger partial charge in [0, 0.05) is 19.3 Å². The zero-order valence-electron chi connectivity index (χ0n) is 13.5. The summed E-state index contributed by atoms with van der Waals surface area (Å²) in [6, 6.07) is 5.87. The molecule has 3 N–H and O–H groups in total. The third kappa shape index (κ3) is 4.30. The monoisotopic (exact) mass is 365 g/mol. The first kappa shape index (κ1) is 18.3. The van der Waals surface area contributed by atoms with Gasteiger partial charge in [0.15, 0.2) is 6.61 Å². The Morgan fingerprint density at radius 2 is 2.04 bits per heavy atom. The van der Waals surface area contributed by atoms with Crippen LogP contribution in [-0.4, -0.2) is 36.1 Å². The summed E-state index contributed by atoms with van der Waals surface area (Å²) in [5.41, 5.74) is 6.18. The maximum Gasteiger partial charge on any atom is 0.342 e. The third-order valence-corrected chi connectivity index (χ3v) is 3.63. The van der Waals surface area contributed by atoms with E-state index in [4.69, 9.17) is 26.8 Å². The van der Waals surface area contributed by atoms with Gasteiger partial charge in [0.1, 0.15) is 17.0 Å². The number of esters is 1. The van der Waals surface area contributed by atoms with Crippen molar-refractivity contribution in [3.63, 3.8) is 0 Å². The van der Waals surface area contributed by atoms with Crippen molar-refractivity contribution in [2.24, 2.45) is 7.05 Å². The molecule has 0 radical (unpaired) electrons. The quantitative estimate of drug-likeness (QED) is 0.611. The van der Waals surface area contributed by atoms with E-state index in [0.717, 1.165) is 0 Å². The van der Waals surface area contributed by atoms with Gasteiger partial charge in [-0.25, -0.2) is 4.79 Å². The van der Waals surface area contributed by atoms with E-state index < -0.39 is 24.4 Å². The number of amides is 2. The van der Waals surface area contributed by atoms with Crippen LogP contribution in [0.25, 0.3) is 0 Å². The molecule has 9 heteroatoms. The fraction of sp³-hybridized carbons (Fsp3) is 0.188. The highest BCUT2D eigenvalue weighted by Gasteiger charge is 2.19. The Labute approximate surface area is 148 Å². The van der Waals surface area contributed by atoms with Gasteiger partial charge in [-0.15, -0.1) is 0 Å². The highest BCUT2D eigenvalue weighted by molar-refractivity contribution is 6.33. The van der Waals surface area contributed by atoms with Crippen LogP contribution in [0.5, 0.6) is 5.75 Å². The number of benzene rings is 1. The van der Waals surface area contributed by atoms with Crippen LogP contribution in [0.3, 0.4) is 0 Å². The van der Waals surface area contributed by atoms with E-state index in [1.165, 1.54) is 19.2 Å². The second kappa shape index (κ2) is 7.71. The minimum absolute atomic E-state index is 0.0169. The molecule has 0 spiro atoms. The molecule has 0 saturated heterocycles. The molecular formula is C16H16ClN3O5. The molecule has 2 amide bonds. The minimum atomic E-state index is -0.833. The van der Waals surface area contributed by atoms with E-state index in [1.807, 2.05) is 0 Å². The molecule has 1 aromatic heterocycles. The Hall–Kier alpha value is -3.00. The molecule has 0 saturated carbocycles. The molecule has 0 fully saturated rings. The third-order valence-electron chi connectivity index (χ3n) is 3.30. The maximum atomic E-state index is 12.1. The van der Waals surface area contributed by atoms with Crippen molar-refractivity contribution in [3.8, 4) is 5.75 Å². The van der Waals surface area contributed by atoms with Gasteiger partial charge in [-0.1, -0.05) is 11.6 Å². The number of carbonyl (C=O) groups excluding carboxylic acids is 3. The van der Waals surface area contributed by atoms with Gasteiger partial charge in [-0.3, -0.25) is 14.9 Å². The molecule has 0 aliphatic carbocycles. The Kier molecular flexibility index (Phi) is 5.66. The number of hydrogen-bond donors (Lipinski definition) is 2. The van der Waals surface area contributed by atoms with Crippen molar-refractivity contribution in [1.29, 1.82) is 0 Å². The first-order valence-corrected chi connectivity index (χ1v) is 7.47. The highest BCUT2D eigenvalue weighted by atomic mass is 35.5. The van der Waals surface area contributed by atoms with E-state index in [1.54, 1.807) is 29.9 Å². The van der Waals surface area contributed by atoms with Gasteiger partial charge >= 0.3 is 5.97 Å². The van der Waals surface area contributed by atoms with Crippen LogP contribution in [0.2, 0.25) is 5.02 Å². The van der Waals surface area contributed by atoms with E-state index >= 15 is 0 Å². The number of nitrogen functional groups attached to an aromatic ring is 1. The van der Waals surface area contributed by atoms with Crippen molar-refractivity contribution >= 4 is 35.1 Å². The number of hydrogen-bond acceptors (Lipinski definition) is 6. The van der Waals surface area contributed by atoms with Crippen molar-refractivity contribution in [2.45, 2.75) is 0 Å². The number of halogens is 1. The number of imide groups is 1. The number of aryl methyl sites for hydroxylation is 1. The Bertz CT molecular complexity index is 831. The SMILES string of the molecule is COc1cc(N)c(Cl)cc1C(=O)OCC(=O)NC(=O)c1cccn1C. The lowest BCUT2D eigenvalue weighted by atomic mass is 10.2. The second-order valence-electron chi connectivity index (χ2n) is 5.03. The van der Waals surface area contributed by atoms with E-state index in [-0.39, 0.29) is 22.0 Å². The fourth-order valence-corrected chi connectivity index (χ4v) is 2.19. The number of nitrogens with zero attached hydrogens (tertiary/aromatic N) is 1. The summed E-state index contributed by atoms with van der Waals surface area (Å²) in [6.07, 6.45) is 1.66. The molecule has 25 heavy (non-hydrogen) atoms. The van der Waals surface area contributed by atoms with Crippen molar-refractivity contribution in [3.05, 3.63) is 46.7 Å². The molecule has 0 bridgehead atoms. The number of carbonyl (C=O) groups is 3. The van der Waals surface area contributed by atoms with Gasteiger partial charge in [-0.05, 0) is 18.2 Å². The molecule has 8 nitrogen and oxygen atoms in total. The van der Waals surface area contributed by atoms with Crippen LogP contribution in [0, 0.1) is 0 Å². The van der Waals surface area contributed by atoms with Gasteiger partial charge in [0.25, 0.3) is 11.8 Å². The highest BCUT2D eigenvalue weighted by Crippen LogP contribution is 2.29. The Balaban J connectivity index is 1.98. The Morgan fingerprint density at radius 3 is 2.64 bits per heavy atom. The van der Waals surface area contributed by atoms with Crippen LogP contribution < -0.4 is 15.8 Å². The van der Waals surface area contributed by atoms with Crippen LogP contribution in [0.15, 0.2) is 30.5 Å². The number of aromatic nitrogens is 1. The number of anilines is 1. The second-order valence-corrected chi connectivity index (χ2v) is 5.44. The molecule has 2 aromatic rings. The molecule has 1 heterocycles. The molecule has 0 aliphatic heterocycles. The summed E-state index contributed by atoms with van der Waals surface area (Å²) in [5, 5.41) is 2.27. The van der Waals surface area contributed by atoms with Gasteiger partial charge < -0.3 is 19.8 Å². The largest absolute Gasteiger partial charge is 0.496 e. The van der Waals surface area contributed by atoms with Crippen molar-refractivity contribution in [2.75, 3.05) is 19.5 Å². The number of methoxy groups -OCH3 is 1. The average Bonchev–Trinajstić information content (AvgIpc) is 3.00. The minimum Gasteiger partial charge on any atom is -0.496 e. The summed E-state index contributed by atoms with van der Waals surface area (Å²) >= 11 is 5.88. The van der Waals surface area contributed by atoms with Gasteiger partial charge in [0.2, 0.25) is 0 Å². The predicted octanol–water partition coefficient (Wildman–Crippen LogP) is 1.38. The lowest BCUT2D eigenvalue weighted by Crippen LogP contribution is -2.35. The molecule has 0 aliphatic rings. The molecule has 2 rings (SSSR count). The summed E-state index contributed by atoms with van der Waals surface area (Å²) < 4.78 is 11.5. The molecule has 0 atom stereocenters. The fourth-order valence-electron chi connectivity index (χ4n) is 2.03. The van der Waals surface area contributed by atoms with Gasteiger partial charge in [0.05, 0.1) is 17.8 Å². The smallest absolute Gasteiger partial charge is 0.342 e. The summed E-state index contributed by atoms with van der Waals surface area (Å²) in [7, 11) is 3.02. The van der Waals surface area contributed by atoms with E-state index in [0.29, 0.717) is 5.69 Å². The Morgan fingerprint density at radius 1 is 1.32 bits per heavy atom. The van der Waals surface area contributed by atoms with Crippen LogP contribution in [0.1, 0.15) is 20.8 Å². The number of nitrogens with one attached hydrogen (secondary N) is 1. The molecular weight excluding hydrogens is 350 g/mol. The number of rotatable bonds is 5. The average molecular weight is 366 g/mol. The van der Waals surface area contributed by atoms with E-state index in [9.17, 15) is 14.4 Å². The number of nitrogens with two attached hydrogens (primary N) is 1. The van der Waals surface area contributed by atoms with Crippen molar-refractivity contribution in [1.82, 2.24) is 9.88 Å². The molecule has 132 valence electrons. The van der Waals surface area contributed by atoms with Crippen LogP contribution in [-0.2, 0) is 16.6 Å². The number of ether oxygens (including phenoxy) is 2. The zero-order chi connectivity index (χ0) is 18.6. The zero-order valence-corrected chi connectivity index (χ0v) is 14.3. The summed E-state index contributed by atoms with van der Waals surface area (Å²) in [4.78, 5) is 35.8. The lowest BCUT2D eigenvalue weighted by Gasteiger charge is -2.10. The first-order chi connectivity index (χ1) is 11.8.